The molecule has 1 aromatic rings. The topological polar surface area (TPSA) is 39.7 Å². The number of aliphatic imine (C=N–C) groups is 1. The van der Waals surface area contributed by atoms with Crippen LogP contribution in [0.4, 0.5) is 0 Å². The molecule has 0 bridgehead atoms. The minimum atomic E-state index is 0. The molecule has 1 aliphatic rings. The van der Waals surface area contributed by atoms with Crippen molar-refractivity contribution in [1.82, 2.24) is 15.5 Å². The van der Waals surface area contributed by atoms with Crippen LogP contribution >= 0.6 is 24.0 Å². The lowest BCUT2D eigenvalue weighted by Gasteiger charge is -2.19. The highest BCUT2D eigenvalue weighted by atomic mass is 127. The molecule has 25 heavy (non-hydrogen) atoms. The lowest BCUT2D eigenvalue weighted by atomic mass is 10.1. The van der Waals surface area contributed by atoms with E-state index in [1.807, 2.05) is 0 Å². The molecular weight excluding hydrogens is 423 g/mol. The molecule has 5 heteroatoms. The van der Waals surface area contributed by atoms with Gasteiger partial charge in [0.2, 0.25) is 0 Å². The van der Waals surface area contributed by atoms with Gasteiger partial charge >= 0.3 is 0 Å². The van der Waals surface area contributed by atoms with Gasteiger partial charge in [0.25, 0.3) is 0 Å². The molecular formula is C20H35IN4. The van der Waals surface area contributed by atoms with E-state index in [4.69, 9.17) is 0 Å². The average molecular weight is 458 g/mol. The first-order chi connectivity index (χ1) is 11.7. The Morgan fingerprint density at radius 1 is 1.04 bits per heavy atom. The first-order valence-electron chi connectivity index (χ1n) is 9.52. The van der Waals surface area contributed by atoms with Crippen molar-refractivity contribution in [3.63, 3.8) is 0 Å². The Morgan fingerprint density at radius 2 is 1.64 bits per heavy atom. The minimum absolute atomic E-state index is 0. The van der Waals surface area contributed by atoms with E-state index in [0.717, 1.165) is 19.0 Å². The predicted octanol–water partition coefficient (Wildman–Crippen LogP) is 4.14. The van der Waals surface area contributed by atoms with Gasteiger partial charge in [0.15, 0.2) is 5.96 Å². The van der Waals surface area contributed by atoms with Crippen LogP contribution in [-0.4, -0.2) is 36.5 Å². The van der Waals surface area contributed by atoms with E-state index in [-0.39, 0.29) is 24.0 Å². The molecule has 2 N–H and O–H groups in total. The van der Waals surface area contributed by atoms with Crippen molar-refractivity contribution in [2.75, 3.05) is 19.6 Å². The van der Waals surface area contributed by atoms with Crippen LogP contribution in [0.1, 0.15) is 57.6 Å². The molecule has 0 aliphatic carbocycles. The van der Waals surface area contributed by atoms with Gasteiger partial charge in [0, 0.05) is 19.1 Å². The third-order valence-corrected chi connectivity index (χ3v) is 4.32. The lowest BCUT2D eigenvalue weighted by Crippen LogP contribution is -2.40. The largest absolute Gasteiger partial charge is 0.357 e. The molecule has 0 amide bonds. The van der Waals surface area contributed by atoms with Crippen LogP contribution in [0.15, 0.2) is 29.3 Å². The molecule has 0 saturated carbocycles. The Labute approximate surface area is 170 Å². The van der Waals surface area contributed by atoms with Gasteiger partial charge in [-0.25, -0.2) is 4.99 Å². The van der Waals surface area contributed by atoms with E-state index in [1.165, 1.54) is 49.9 Å². The second-order valence-electron chi connectivity index (χ2n) is 7.00. The van der Waals surface area contributed by atoms with Crippen molar-refractivity contribution in [3.8, 4) is 0 Å². The molecule has 4 nitrogen and oxygen atoms in total. The molecule has 0 aromatic heterocycles. The number of hydrogen-bond donors (Lipinski definition) is 2. The summed E-state index contributed by atoms with van der Waals surface area (Å²) in [5.41, 5.74) is 2.67. The average Bonchev–Trinajstić information content (AvgIpc) is 2.82. The number of halogens is 1. The summed E-state index contributed by atoms with van der Waals surface area (Å²) in [6, 6.07) is 9.35. The second-order valence-corrected chi connectivity index (χ2v) is 7.00. The normalized spacial score (nSPS) is 16.2. The number of guanidine groups is 1. The summed E-state index contributed by atoms with van der Waals surface area (Å²) >= 11 is 0. The Kier molecular flexibility index (Phi) is 11.1. The first kappa shape index (κ1) is 22.2. The molecule has 0 atom stereocenters. The Morgan fingerprint density at radius 3 is 2.20 bits per heavy atom. The Balaban J connectivity index is 0.00000312. The van der Waals surface area contributed by atoms with E-state index in [0.29, 0.717) is 12.6 Å². The second kappa shape index (κ2) is 12.5. The summed E-state index contributed by atoms with van der Waals surface area (Å²) in [4.78, 5) is 7.26. The SMILES string of the molecule is CCNC(=NCc1ccc(CN2CCCCCC2)cc1)NC(C)C.I. The molecule has 142 valence electrons. The number of nitrogens with zero attached hydrogens (tertiary/aromatic N) is 2. The zero-order valence-electron chi connectivity index (χ0n) is 16.1. The van der Waals surface area contributed by atoms with Gasteiger partial charge in [-0.15, -0.1) is 24.0 Å². The maximum absolute atomic E-state index is 4.67. The maximum Gasteiger partial charge on any atom is 0.191 e. The van der Waals surface area contributed by atoms with Crippen LogP contribution in [0.5, 0.6) is 0 Å². The predicted molar refractivity (Wildman–Crippen MR) is 119 cm³/mol. The van der Waals surface area contributed by atoms with Gasteiger partial charge in [0.05, 0.1) is 6.54 Å². The minimum Gasteiger partial charge on any atom is -0.357 e. The van der Waals surface area contributed by atoms with E-state index in [9.17, 15) is 0 Å². The van der Waals surface area contributed by atoms with Crippen molar-refractivity contribution in [3.05, 3.63) is 35.4 Å². The first-order valence-corrected chi connectivity index (χ1v) is 9.52. The fraction of sp³-hybridized carbons (Fsp3) is 0.650. The summed E-state index contributed by atoms with van der Waals surface area (Å²) < 4.78 is 0. The van der Waals surface area contributed by atoms with Crippen LogP contribution in [0.2, 0.25) is 0 Å². The third kappa shape index (κ3) is 8.90. The molecule has 1 aromatic carbocycles. The number of benzene rings is 1. The summed E-state index contributed by atoms with van der Waals surface area (Å²) in [5.74, 6) is 0.890. The monoisotopic (exact) mass is 458 g/mol. The molecule has 0 radical (unpaired) electrons. The maximum atomic E-state index is 4.67. The molecule has 1 saturated heterocycles. The van der Waals surface area contributed by atoms with E-state index < -0.39 is 0 Å². The number of nitrogens with one attached hydrogen (secondary N) is 2. The van der Waals surface area contributed by atoms with Gasteiger partial charge in [-0.05, 0) is 57.8 Å². The smallest absolute Gasteiger partial charge is 0.191 e. The summed E-state index contributed by atoms with van der Waals surface area (Å²) in [7, 11) is 0. The Hall–Kier alpha value is -0.820. The lowest BCUT2D eigenvalue weighted by molar-refractivity contribution is 0.277. The highest BCUT2D eigenvalue weighted by molar-refractivity contribution is 14.0. The van der Waals surface area contributed by atoms with Crippen LogP contribution in [0.25, 0.3) is 0 Å². The number of rotatable bonds is 6. The van der Waals surface area contributed by atoms with Gasteiger partial charge in [-0.1, -0.05) is 37.1 Å². The van der Waals surface area contributed by atoms with Crippen molar-refractivity contribution >= 4 is 29.9 Å². The molecule has 1 heterocycles. The summed E-state index contributed by atoms with van der Waals surface area (Å²) in [6.45, 7) is 11.5. The summed E-state index contributed by atoms with van der Waals surface area (Å²) in [6.07, 6.45) is 5.49. The van der Waals surface area contributed by atoms with Gasteiger partial charge in [-0.2, -0.15) is 0 Å². The van der Waals surface area contributed by atoms with Crippen LogP contribution in [0.3, 0.4) is 0 Å². The third-order valence-electron chi connectivity index (χ3n) is 4.32. The van der Waals surface area contributed by atoms with E-state index in [2.05, 4.69) is 65.6 Å². The van der Waals surface area contributed by atoms with Crippen molar-refractivity contribution < 1.29 is 0 Å². The van der Waals surface area contributed by atoms with Crippen LogP contribution in [0, 0.1) is 0 Å². The van der Waals surface area contributed by atoms with Gasteiger partial charge < -0.3 is 10.6 Å². The molecule has 0 unspecified atom stereocenters. The van der Waals surface area contributed by atoms with Crippen molar-refractivity contribution in [2.45, 2.75) is 65.6 Å². The number of likely N-dealkylation sites (tertiary alicyclic amines) is 1. The molecule has 0 spiro atoms. The molecule has 1 aliphatic heterocycles. The van der Waals surface area contributed by atoms with E-state index in [1.54, 1.807) is 0 Å². The quantitative estimate of drug-likeness (QED) is 0.383. The summed E-state index contributed by atoms with van der Waals surface area (Å²) in [5, 5.41) is 6.64. The molecule has 1 fully saturated rings. The van der Waals surface area contributed by atoms with Gasteiger partial charge in [0.1, 0.15) is 0 Å². The van der Waals surface area contributed by atoms with E-state index >= 15 is 0 Å². The molecule has 2 rings (SSSR count). The highest BCUT2D eigenvalue weighted by Crippen LogP contribution is 2.14. The zero-order valence-corrected chi connectivity index (χ0v) is 18.4. The van der Waals surface area contributed by atoms with Crippen molar-refractivity contribution in [1.29, 1.82) is 0 Å². The standard InChI is InChI=1S/C20H34N4.HI/c1-4-21-20(23-17(2)3)22-15-18-9-11-19(12-10-18)16-24-13-7-5-6-8-14-24;/h9-12,17H,4-8,13-16H2,1-3H3,(H2,21,22,23);1H. The Bertz CT molecular complexity index is 491. The van der Waals surface area contributed by atoms with Gasteiger partial charge in [-0.3, -0.25) is 4.90 Å². The highest BCUT2D eigenvalue weighted by Gasteiger charge is 2.09. The number of hydrogen-bond acceptors (Lipinski definition) is 2. The fourth-order valence-corrected chi connectivity index (χ4v) is 3.07. The van der Waals surface area contributed by atoms with Crippen LogP contribution in [-0.2, 0) is 13.1 Å². The zero-order chi connectivity index (χ0) is 17.2. The fourth-order valence-electron chi connectivity index (χ4n) is 3.07. The van der Waals surface area contributed by atoms with Crippen molar-refractivity contribution in [2.24, 2.45) is 4.99 Å². The van der Waals surface area contributed by atoms with Crippen LogP contribution < -0.4 is 10.6 Å².